The van der Waals surface area contributed by atoms with Crippen molar-refractivity contribution in [2.24, 2.45) is 5.92 Å². The van der Waals surface area contributed by atoms with E-state index in [4.69, 9.17) is 5.11 Å². The van der Waals surface area contributed by atoms with Gasteiger partial charge in [-0.3, -0.25) is 4.90 Å². The van der Waals surface area contributed by atoms with E-state index in [0.717, 1.165) is 31.5 Å². The van der Waals surface area contributed by atoms with Crippen LogP contribution in [0.5, 0.6) is 0 Å². The molecule has 0 aromatic heterocycles. The van der Waals surface area contributed by atoms with Gasteiger partial charge in [-0.15, -0.1) is 0 Å². The van der Waals surface area contributed by atoms with Crippen LogP contribution < -0.4 is 0 Å². The predicted molar refractivity (Wildman–Crippen MR) is 92.9 cm³/mol. The van der Waals surface area contributed by atoms with E-state index in [9.17, 15) is 9.90 Å². The predicted octanol–water partition coefficient (Wildman–Crippen LogP) is 2.81. The van der Waals surface area contributed by atoms with E-state index in [-0.39, 0.29) is 6.10 Å². The van der Waals surface area contributed by atoms with E-state index in [0.29, 0.717) is 18.0 Å². The van der Waals surface area contributed by atoms with Crippen molar-refractivity contribution in [3.8, 4) is 0 Å². The normalized spacial score (nSPS) is 21.5. The zero-order valence-electron chi connectivity index (χ0n) is 13.6. The summed E-state index contributed by atoms with van der Waals surface area (Å²) in [5, 5.41) is 19.4. The van der Waals surface area contributed by atoms with Gasteiger partial charge < -0.3 is 10.2 Å². The van der Waals surface area contributed by atoms with Crippen molar-refractivity contribution in [1.82, 2.24) is 4.90 Å². The standard InChI is InChI=1S/C20H23NO3/c22-19-14-21(13-16-6-8-17(9-7-16)20(23)24)11-10-18(19)12-15-4-2-1-3-5-15/h1-9,18-19,22H,10-14H2,(H,23,24)/t18-,19+/m1/s1. The Bertz CT molecular complexity index is 669. The molecule has 2 aromatic carbocycles. The van der Waals surface area contributed by atoms with Crippen LogP contribution in [0.25, 0.3) is 0 Å². The van der Waals surface area contributed by atoms with E-state index < -0.39 is 5.97 Å². The molecule has 126 valence electrons. The Kier molecular flexibility index (Phi) is 5.28. The topological polar surface area (TPSA) is 60.8 Å². The lowest BCUT2D eigenvalue weighted by Crippen LogP contribution is -2.44. The Balaban J connectivity index is 1.54. The minimum atomic E-state index is -0.904. The van der Waals surface area contributed by atoms with Crippen LogP contribution in [0.2, 0.25) is 0 Å². The van der Waals surface area contributed by atoms with E-state index in [1.165, 1.54) is 5.56 Å². The van der Waals surface area contributed by atoms with Gasteiger partial charge in [0.15, 0.2) is 0 Å². The molecule has 0 bridgehead atoms. The summed E-state index contributed by atoms with van der Waals surface area (Å²) in [6.07, 6.45) is 1.57. The Morgan fingerprint density at radius 1 is 1.04 bits per heavy atom. The lowest BCUT2D eigenvalue weighted by Gasteiger charge is -2.36. The fourth-order valence-electron chi connectivity index (χ4n) is 3.36. The number of piperidine rings is 1. The average molecular weight is 325 g/mol. The van der Waals surface area contributed by atoms with Crippen molar-refractivity contribution in [3.05, 3.63) is 71.3 Å². The fourth-order valence-corrected chi connectivity index (χ4v) is 3.36. The molecule has 3 rings (SSSR count). The second-order valence-electron chi connectivity index (χ2n) is 6.54. The number of nitrogens with zero attached hydrogens (tertiary/aromatic N) is 1. The fraction of sp³-hybridized carbons (Fsp3) is 0.350. The van der Waals surface area contributed by atoms with Crippen molar-refractivity contribution >= 4 is 5.97 Å². The molecule has 4 heteroatoms. The minimum Gasteiger partial charge on any atom is -0.478 e. The highest BCUT2D eigenvalue weighted by Crippen LogP contribution is 2.23. The zero-order valence-corrected chi connectivity index (χ0v) is 13.6. The molecule has 24 heavy (non-hydrogen) atoms. The highest BCUT2D eigenvalue weighted by molar-refractivity contribution is 5.87. The summed E-state index contributed by atoms with van der Waals surface area (Å²) in [7, 11) is 0. The molecule has 0 radical (unpaired) electrons. The Labute approximate surface area is 142 Å². The first kappa shape index (κ1) is 16.7. The highest BCUT2D eigenvalue weighted by atomic mass is 16.4. The molecule has 1 heterocycles. The number of aliphatic hydroxyl groups excluding tert-OH is 1. The van der Waals surface area contributed by atoms with Gasteiger partial charge in [0.25, 0.3) is 0 Å². The molecule has 2 N–H and O–H groups in total. The summed E-state index contributed by atoms with van der Waals surface area (Å²) in [6.45, 7) is 2.36. The summed E-state index contributed by atoms with van der Waals surface area (Å²) in [5.41, 5.74) is 2.66. The van der Waals surface area contributed by atoms with Crippen molar-refractivity contribution in [2.45, 2.75) is 25.5 Å². The van der Waals surface area contributed by atoms with E-state index in [1.807, 2.05) is 30.3 Å². The van der Waals surface area contributed by atoms with Crippen LogP contribution >= 0.6 is 0 Å². The third-order valence-electron chi connectivity index (χ3n) is 4.75. The quantitative estimate of drug-likeness (QED) is 0.887. The van der Waals surface area contributed by atoms with E-state index in [1.54, 1.807) is 12.1 Å². The molecule has 0 saturated carbocycles. The van der Waals surface area contributed by atoms with Gasteiger partial charge in [0.2, 0.25) is 0 Å². The molecule has 0 aliphatic carbocycles. The van der Waals surface area contributed by atoms with Crippen LogP contribution in [0.4, 0.5) is 0 Å². The van der Waals surface area contributed by atoms with Crippen LogP contribution in [0.15, 0.2) is 54.6 Å². The molecular weight excluding hydrogens is 302 g/mol. The number of benzene rings is 2. The van der Waals surface area contributed by atoms with Crippen molar-refractivity contribution < 1.29 is 15.0 Å². The Morgan fingerprint density at radius 2 is 1.75 bits per heavy atom. The summed E-state index contributed by atoms with van der Waals surface area (Å²) < 4.78 is 0. The molecule has 0 unspecified atom stereocenters. The van der Waals surface area contributed by atoms with Crippen molar-refractivity contribution in [1.29, 1.82) is 0 Å². The summed E-state index contributed by atoms with van der Waals surface area (Å²) in [5.74, 6) is -0.600. The molecule has 2 atom stereocenters. The van der Waals surface area contributed by atoms with Crippen LogP contribution in [-0.2, 0) is 13.0 Å². The molecular formula is C20H23NO3. The smallest absolute Gasteiger partial charge is 0.335 e. The minimum absolute atomic E-state index is 0.304. The molecule has 4 nitrogen and oxygen atoms in total. The van der Waals surface area contributed by atoms with Gasteiger partial charge in [-0.2, -0.15) is 0 Å². The number of hydrogen-bond donors (Lipinski definition) is 2. The van der Waals surface area contributed by atoms with E-state index >= 15 is 0 Å². The zero-order chi connectivity index (χ0) is 16.9. The number of carboxylic acid groups (broad SMARTS) is 1. The largest absolute Gasteiger partial charge is 0.478 e. The third-order valence-corrected chi connectivity index (χ3v) is 4.75. The van der Waals surface area contributed by atoms with Crippen LogP contribution in [0.1, 0.15) is 27.9 Å². The van der Waals surface area contributed by atoms with Gasteiger partial charge in [-0.05, 0) is 48.6 Å². The number of rotatable bonds is 5. The van der Waals surface area contributed by atoms with Crippen molar-refractivity contribution in [2.75, 3.05) is 13.1 Å². The second-order valence-corrected chi connectivity index (χ2v) is 6.54. The first-order valence-electron chi connectivity index (χ1n) is 8.38. The summed E-state index contributed by atoms with van der Waals surface area (Å²) >= 11 is 0. The number of carbonyl (C=O) groups is 1. The number of aliphatic hydroxyl groups is 1. The maximum atomic E-state index is 10.9. The van der Waals surface area contributed by atoms with Gasteiger partial charge in [0.05, 0.1) is 11.7 Å². The molecule has 1 aliphatic heterocycles. The SMILES string of the molecule is O=C(O)c1ccc(CN2CC[C@H](Cc3ccccc3)[C@@H](O)C2)cc1. The lowest BCUT2D eigenvalue weighted by molar-refractivity contribution is 0.0187. The maximum absolute atomic E-state index is 10.9. The van der Waals surface area contributed by atoms with E-state index in [2.05, 4.69) is 17.0 Å². The summed E-state index contributed by atoms with van der Waals surface area (Å²) in [6, 6.07) is 17.3. The number of likely N-dealkylation sites (tertiary alicyclic amines) is 1. The van der Waals surface area contributed by atoms with Crippen LogP contribution in [0, 0.1) is 5.92 Å². The second kappa shape index (κ2) is 7.60. The Hall–Kier alpha value is -2.17. The van der Waals surface area contributed by atoms with Crippen LogP contribution in [0.3, 0.4) is 0 Å². The molecule has 2 aromatic rings. The molecule has 1 aliphatic rings. The van der Waals surface area contributed by atoms with Crippen molar-refractivity contribution in [3.63, 3.8) is 0 Å². The summed E-state index contributed by atoms with van der Waals surface area (Å²) in [4.78, 5) is 13.1. The lowest BCUT2D eigenvalue weighted by atomic mass is 9.87. The number of hydrogen-bond acceptors (Lipinski definition) is 3. The number of β-amino-alcohol motifs (C(OH)–C–C–N with tert-alkyl or cyclic N) is 1. The monoisotopic (exact) mass is 325 g/mol. The first-order chi connectivity index (χ1) is 11.6. The van der Waals surface area contributed by atoms with Gasteiger partial charge >= 0.3 is 5.97 Å². The average Bonchev–Trinajstić information content (AvgIpc) is 2.59. The van der Waals surface area contributed by atoms with Crippen LogP contribution in [-0.4, -0.2) is 40.3 Å². The Morgan fingerprint density at radius 3 is 2.38 bits per heavy atom. The van der Waals surface area contributed by atoms with Gasteiger partial charge in [0.1, 0.15) is 0 Å². The van der Waals surface area contributed by atoms with Gasteiger partial charge in [0, 0.05) is 13.1 Å². The molecule has 0 spiro atoms. The molecule has 0 amide bonds. The third kappa shape index (κ3) is 4.22. The first-order valence-corrected chi connectivity index (χ1v) is 8.38. The molecule has 1 saturated heterocycles. The molecule has 1 fully saturated rings. The van der Waals surface area contributed by atoms with Gasteiger partial charge in [-0.1, -0.05) is 42.5 Å². The number of carboxylic acids is 1. The number of aromatic carboxylic acids is 1. The highest BCUT2D eigenvalue weighted by Gasteiger charge is 2.27. The maximum Gasteiger partial charge on any atom is 0.335 e. The van der Waals surface area contributed by atoms with Gasteiger partial charge in [-0.25, -0.2) is 4.79 Å².